The van der Waals surface area contributed by atoms with E-state index in [4.69, 9.17) is 17.4 Å². The summed E-state index contributed by atoms with van der Waals surface area (Å²) in [6, 6.07) is 0. The third-order valence-corrected chi connectivity index (χ3v) is 0.880. The molecule has 0 amide bonds. The first kappa shape index (κ1) is 8.50. The van der Waals surface area contributed by atoms with Crippen LogP contribution in [0, 0.1) is 0 Å². The van der Waals surface area contributed by atoms with Gasteiger partial charge in [-0.3, -0.25) is 0 Å². The maximum Gasteiger partial charge on any atom is 0.204 e. The molecule has 9 heavy (non-hydrogen) atoms. The molecule has 0 fully saturated rings. The summed E-state index contributed by atoms with van der Waals surface area (Å²) in [6.07, 6.45) is 0. The topological polar surface area (TPSA) is 93.3 Å². The maximum atomic E-state index is 5.03. The van der Waals surface area contributed by atoms with E-state index in [1.165, 1.54) is 0 Å². The summed E-state index contributed by atoms with van der Waals surface area (Å²) in [5, 5.41) is 3.20. The Morgan fingerprint density at radius 3 is 1.89 bits per heavy atom. The minimum atomic E-state index is 0.0425. The van der Waals surface area contributed by atoms with Gasteiger partial charge < -0.3 is 11.1 Å². The SMILES string of the molecule is NC(=S)NC(=S)N(N)N. The van der Waals surface area contributed by atoms with Crippen molar-refractivity contribution in [2.45, 2.75) is 0 Å². The first-order valence-corrected chi connectivity index (χ1v) is 2.75. The predicted molar refractivity (Wildman–Crippen MR) is 42.7 cm³/mol. The van der Waals surface area contributed by atoms with E-state index in [9.17, 15) is 0 Å². The van der Waals surface area contributed by atoms with Gasteiger partial charge in [0.25, 0.3) is 0 Å². The standard InChI is InChI=1S/C2H7N5S2/c3-1(8)6-2(9)7(4)5/h4-5H2,(H3,3,6,8,9). The van der Waals surface area contributed by atoms with Gasteiger partial charge in [-0.1, -0.05) is 0 Å². The summed E-state index contributed by atoms with van der Waals surface area (Å²) < 4.78 is 0. The highest BCUT2D eigenvalue weighted by Crippen LogP contribution is 1.68. The van der Waals surface area contributed by atoms with Gasteiger partial charge in [0.05, 0.1) is 0 Å². The van der Waals surface area contributed by atoms with E-state index in [1.807, 2.05) is 0 Å². The molecule has 0 radical (unpaired) electrons. The molecule has 0 aliphatic heterocycles. The molecule has 0 aliphatic carbocycles. The summed E-state index contributed by atoms with van der Waals surface area (Å²) in [6.45, 7) is 0. The lowest BCUT2D eigenvalue weighted by atomic mass is 11.0. The molecule has 0 heterocycles. The van der Waals surface area contributed by atoms with Crippen LogP contribution in [0.5, 0.6) is 0 Å². The van der Waals surface area contributed by atoms with Gasteiger partial charge in [-0.15, -0.1) is 0 Å². The monoisotopic (exact) mass is 165 g/mol. The number of nitrogens with two attached hydrogens (primary N) is 3. The number of hydrogen-bond acceptors (Lipinski definition) is 4. The molecule has 0 aromatic heterocycles. The lowest BCUT2D eigenvalue weighted by Crippen LogP contribution is -2.51. The maximum absolute atomic E-state index is 5.03. The smallest absolute Gasteiger partial charge is 0.204 e. The van der Waals surface area contributed by atoms with Crippen LogP contribution in [0.4, 0.5) is 0 Å². The van der Waals surface area contributed by atoms with Crippen LogP contribution in [0.25, 0.3) is 0 Å². The molecule has 0 atom stereocenters. The Bertz CT molecular complexity index is 131. The summed E-state index contributed by atoms with van der Waals surface area (Å²) in [7, 11) is 0. The van der Waals surface area contributed by atoms with E-state index in [0.717, 1.165) is 0 Å². The molecule has 0 spiro atoms. The van der Waals surface area contributed by atoms with Crippen LogP contribution in [-0.4, -0.2) is 15.3 Å². The zero-order valence-electron chi connectivity index (χ0n) is 4.50. The Kier molecular flexibility index (Phi) is 3.32. The van der Waals surface area contributed by atoms with Gasteiger partial charge in [0.2, 0.25) is 5.11 Å². The van der Waals surface area contributed by atoms with Gasteiger partial charge in [-0.2, -0.15) is 0 Å². The molecule has 0 aliphatic rings. The van der Waals surface area contributed by atoms with Crippen molar-refractivity contribution in [2.24, 2.45) is 17.4 Å². The van der Waals surface area contributed by atoms with Crippen LogP contribution in [0.1, 0.15) is 0 Å². The Morgan fingerprint density at radius 2 is 1.78 bits per heavy atom. The first-order chi connectivity index (χ1) is 4.04. The molecule has 0 saturated heterocycles. The molecule has 0 rings (SSSR count). The van der Waals surface area contributed by atoms with E-state index in [0.29, 0.717) is 5.12 Å². The molecular formula is C2H7N5S2. The van der Waals surface area contributed by atoms with E-state index in [1.54, 1.807) is 0 Å². The van der Waals surface area contributed by atoms with Crippen molar-refractivity contribution < 1.29 is 0 Å². The van der Waals surface area contributed by atoms with Crippen LogP contribution in [0.15, 0.2) is 0 Å². The highest BCUT2D eigenvalue weighted by Gasteiger charge is 1.97. The number of nitrogens with one attached hydrogen (secondary N) is 1. The Morgan fingerprint density at radius 1 is 1.33 bits per heavy atom. The Labute approximate surface area is 63.1 Å². The van der Waals surface area contributed by atoms with Crippen LogP contribution in [0.3, 0.4) is 0 Å². The second kappa shape index (κ2) is 3.51. The van der Waals surface area contributed by atoms with E-state index in [2.05, 4.69) is 29.8 Å². The zero-order valence-corrected chi connectivity index (χ0v) is 6.13. The fraction of sp³-hybridized carbons (Fsp3) is 0. The van der Waals surface area contributed by atoms with Crippen molar-refractivity contribution in [1.82, 2.24) is 10.4 Å². The largest absolute Gasteiger partial charge is 0.376 e. The van der Waals surface area contributed by atoms with E-state index in [-0.39, 0.29) is 10.2 Å². The second-order valence-electron chi connectivity index (χ2n) is 1.20. The molecule has 0 aromatic carbocycles. The Balaban J connectivity index is 3.64. The fourth-order valence-electron chi connectivity index (χ4n) is 0.170. The number of rotatable bonds is 0. The van der Waals surface area contributed by atoms with Gasteiger partial charge in [-0.05, 0) is 24.4 Å². The molecule has 0 unspecified atom stereocenters. The molecule has 5 nitrogen and oxygen atoms in total. The van der Waals surface area contributed by atoms with Gasteiger partial charge in [0.1, 0.15) is 0 Å². The average Bonchev–Trinajstić information content (AvgIpc) is 1.63. The molecule has 0 bridgehead atoms. The Hall–Kier alpha value is -0.500. The average molecular weight is 165 g/mol. The third-order valence-electron chi connectivity index (χ3n) is 0.465. The number of hydrogen-bond donors (Lipinski definition) is 4. The minimum Gasteiger partial charge on any atom is -0.376 e. The van der Waals surface area contributed by atoms with Crippen molar-refractivity contribution in [1.29, 1.82) is 0 Å². The van der Waals surface area contributed by atoms with Crippen molar-refractivity contribution >= 4 is 34.7 Å². The molecule has 0 aromatic rings. The number of nitrogens with zero attached hydrogens (tertiary/aromatic N) is 1. The summed E-state index contributed by atoms with van der Waals surface area (Å²) in [5.41, 5.74) is 5.03. The lowest BCUT2D eigenvalue weighted by Gasteiger charge is -2.12. The summed E-state index contributed by atoms with van der Waals surface area (Å²) in [5.74, 6) is 9.95. The number of thiocarbonyl (C=S) groups is 2. The lowest BCUT2D eigenvalue weighted by molar-refractivity contribution is 0.464. The van der Waals surface area contributed by atoms with Crippen molar-refractivity contribution in [3.63, 3.8) is 0 Å². The molecule has 52 valence electrons. The van der Waals surface area contributed by atoms with Crippen LogP contribution in [0.2, 0.25) is 0 Å². The highest BCUT2D eigenvalue weighted by molar-refractivity contribution is 7.81. The number of hydrazine groups is 2. The summed E-state index contributed by atoms with van der Waals surface area (Å²) in [4.78, 5) is 0. The van der Waals surface area contributed by atoms with Gasteiger partial charge in [0.15, 0.2) is 5.11 Å². The van der Waals surface area contributed by atoms with Crippen LogP contribution >= 0.6 is 24.4 Å². The molecule has 0 saturated carbocycles. The van der Waals surface area contributed by atoms with Crippen molar-refractivity contribution in [3.05, 3.63) is 0 Å². The molecular weight excluding hydrogens is 158 g/mol. The zero-order chi connectivity index (χ0) is 7.44. The molecule has 7 heteroatoms. The quantitative estimate of drug-likeness (QED) is 0.190. The normalized spacial score (nSPS) is 8.22. The van der Waals surface area contributed by atoms with Crippen LogP contribution < -0.4 is 22.7 Å². The first-order valence-electron chi connectivity index (χ1n) is 1.94. The van der Waals surface area contributed by atoms with E-state index >= 15 is 0 Å². The highest BCUT2D eigenvalue weighted by atomic mass is 32.1. The predicted octanol–water partition coefficient (Wildman–Crippen LogP) is -1.85. The summed E-state index contributed by atoms with van der Waals surface area (Å²) >= 11 is 8.98. The van der Waals surface area contributed by atoms with Crippen LogP contribution in [-0.2, 0) is 0 Å². The van der Waals surface area contributed by atoms with Crippen molar-refractivity contribution in [2.75, 3.05) is 0 Å². The van der Waals surface area contributed by atoms with Gasteiger partial charge in [-0.25, -0.2) is 16.8 Å². The van der Waals surface area contributed by atoms with Gasteiger partial charge >= 0.3 is 0 Å². The second-order valence-corrected chi connectivity index (χ2v) is 2.03. The minimum absolute atomic E-state index is 0.0425. The van der Waals surface area contributed by atoms with Gasteiger partial charge in [0, 0.05) is 0 Å². The fourth-order valence-corrected chi connectivity index (χ4v) is 0.441. The molecule has 7 N–H and O–H groups in total. The third kappa shape index (κ3) is 4.03. The van der Waals surface area contributed by atoms with Crippen molar-refractivity contribution in [3.8, 4) is 0 Å². The van der Waals surface area contributed by atoms with E-state index < -0.39 is 0 Å².